The number of fused-ring (bicyclic) bond motifs is 2. The minimum Gasteiger partial charge on any atom is -0.481 e. The highest BCUT2D eigenvalue weighted by Gasteiger charge is 2.52. The molecule has 1 fully saturated rings. The highest BCUT2D eigenvalue weighted by atomic mass is 32.1. The number of aliphatic carboxylic acids is 1. The van der Waals surface area contributed by atoms with Gasteiger partial charge in [0.25, 0.3) is 0 Å². The zero-order valence-corrected chi connectivity index (χ0v) is 24.7. The van der Waals surface area contributed by atoms with E-state index in [4.69, 9.17) is 4.74 Å². The van der Waals surface area contributed by atoms with E-state index >= 15 is 0 Å². The van der Waals surface area contributed by atoms with Crippen LogP contribution in [0.5, 0.6) is 0 Å². The van der Waals surface area contributed by atoms with Crippen LogP contribution in [0.25, 0.3) is 40.4 Å². The molecule has 1 amide bonds. The number of ether oxygens (including phenoxy) is 1. The summed E-state index contributed by atoms with van der Waals surface area (Å²) in [5, 5.41) is 20.2. The van der Waals surface area contributed by atoms with Crippen molar-refractivity contribution in [1.82, 2.24) is 9.78 Å². The van der Waals surface area contributed by atoms with Gasteiger partial charge in [0.05, 0.1) is 17.2 Å². The fourth-order valence-corrected chi connectivity index (χ4v) is 8.68. The average molecular weight is 600 g/mol. The number of carboxylic acid groups (broad SMARTS) is 1. The number of hydrogen-bond acceptors (Lipinski definition) is 7. The Labute approximate surface area is 247 Å². The summed E-state index contributed by atoms with van der Waals surface area (Å²) in [6, 6.07) is 20.3. The maximum absolute atomic E-state index is 12.8. The predicted molar refractivity (Wildman–Crippen MR) is 166 cm³/mol. The minimum atomic E-state index is -0.727. The van der Waals surface area contributed by atoms with Gasteiger partial charge >= 0.3 is 12.1 Å². The quantitative estimate of drug-likeness (QED) is 0.192. The first-order valence-electron chi connectivity index (χ1n) is 13.2. The zero-order valence-electron chi connectivity index (χ0n) is 22.2. The SMILES string of the molecule is C[C@@H](OC(=O)Nc1c(-c2cc3sc(-c4ccc5scc(C6(C(=O)O)CC6)c5c4)cc3s2)cnn1C)c1ccccc1. The molecule has 0 bridgehead atoms. The van der Waals surface area contributed by atoms with Gasteiger partial charge in [0.2, 0.25) is 0 Å². The van der Waals surface area contributed by atoms with Gasteiger partial charge < -0.3 is 9.84 Å². The van der Waals surface area contributed by atoms with Crippen LogP contribution in [0.2, 0.25) is 0 Å². The Morgan fingerprint density at radius 3 is 2.49 bits per heavy atom. The topological polar surface area (TPSA) is 93.4 Å². The number of nitrogens with one attached hydrogen (secondary N) is 1. The number of nitrogens with zero attached hydrogens (tertiary/aromatic N) is 2. The van der Waals surface area contributed by atoms with Gasteiger partial charge in [0, 0.05) is 30.9 Å². The van der Waals surface area contributed by atoms with E-state index in [9.17, 15) is 14.7 Å². The lowest BCUT2D eigenvalue weighted by molar-refractivity contribution is -0.139. The van der Waals surface area contributed by atoms with Gasteiger partial charge in [-0.15, -0.1) is 34.0 Å². The molecule has 1 saturated carbocycles. The number of anilines is 1. The first-order valence-corrected chi connectivity index (χ1v) is 15.7. The van der Waals surface area contributed by atoms with Crippen LogP contribution in [-0.4, -0.2) is 26.9 Å². The lowest BCUT2D eigenvalue weighted by Gasteiger charge is -2.14. The van der Waals surface area contributed by atoms with Gasteiger partial charge in [-0.05, 0) is 71.5 Å². The zero-order chi connectivity index (χ0) is 28.3. The second-order valence-electron chi connectivity index (χ2n) is 10.3. The van der Waals surface area contributed by atoms with Crippen LogP contribution >= 0.6 is 34.0 Å². The molecule has 0 radical (unpaired) electrons. The smallest absolute Gasteiger partial charge is 0.413 e. The maximum Gasteiger partial charge on any atom is 0.413 e. The Morgan fingerprint density at radius 2 is 1.76 bits per heavy atom. The van der Waals surface area contributed by atoms with Gasteiger partial charge in [-0.3, -0.25) is 14.8 Å². The molecule has 1 aliphatic rings. The molecule has 1 atom stereocenters. The van der Waals surface area contributed by atoms with Gasteiger partial charge in [0.15, 0.2) is 0 Å². The number of carbonyl (C=O) groups is 2. The van der Waals surface area contributed by atoms with Crippen molar-refractivity contribution in [1.29, 1.82) is 0 Å². The number of carbonyl (C=O) groups excluding carboxylic acids is 1. The normalized spacial score (nSPS) is 14.8. The van der Waals surface area contributed by atoms with Crippen LogP contribution in [0.1, 0.15) is 37.0 Å². The van der Waals surface area contributed by atoms with Crippen LogP contribution < -0.4 is 5.32 Å². The summed E-state index contributed by atoms with van der Waals surface area (Å²) in [6.07, 6.45) is 2.23. The summed E-state index contributed by atoms with van der Waals surface area (Å²) in [5.41, 5.74) is 3.07. The maximum atomic E-state index is 12.8. The summed E-state index contributed by atoms with van der Waals surface area (Å²) in [5.74, 6) is -0.151. The van der Waals surface area contributed by atoms with Crippen LogP contribution in [-0.2, 0) is 22.0 Å². The second-order valence-corrected chi connectivity index (χ2v) is 13.4. The van der Waals surface area contributed by atoms with Crippen molar-refractivity contribution < 1.29 is 19.4 Å². The number of aryl methyl sites for hydroxylation is 1. The molecule has 0 unspecified atom stereocenters. The number of benzene rings is 2. The third-order valence-electron chi connectivity index (χ3n) is 7.72. The molecule has 0 saturated heterocycles. The molecule has 6 aromatic rings. The largest absolute Gasteiger partial charge is 0.481 e. The molecule has 4 heterocycles. The highest BCUT2D eigenvalue weighted by molar-refractivity contribution is 7.31. The lowest BCUT2D eigenvalue weighted by Crippen LogP contribution is -2.18. The fraction of sp³-hybridized carbons (Fsp3) is 0.194. The highest BCUT2D eigenvalue weighted by Crippen LogP contribution is 2.52. The standard InChI is InChI=1S/C31H25N3O4S3/c1-17(18-6-4-3-5-7-18)38-30(37)33-28-21(15-32-34(28)2)25-14-27-26(41-25)13-24(40-27)19-8-9-23-20(12-19)22(16-39-23)31(10-11-31)29(35)36/h3-9,12-17H,10-11H2,1-2H3,(H,33,37)(H,35,36)/t17-/m1/s1. The molecule has 41 heavy (non-hydrogen) atoms. The Balaban J connectivity index is 1.14. The Morgan fingerprint density at radius 1 is 1.02 bits per heavy atom. The molecule has 2 aromatic carbocycles. The summed E-state index contributed by atoms with van der Waals surface area (Å²) in [4.78, 5) is 26.9. The van der Waals surface area contributed by atoms with Crippen molar-refractivity contribution in [3.05, 3.63) is 83.4 Å². The first-order chi connectivity index (χ1) is 19.8. The molecule has 2 N–H and O–H groups in total. The summed E-state index contributed by atoms with van der Waals surface area (Å²) in [6.45, 7) is 1.84. The summed E-state index contributed by atoms with van der Waals surface area (Å²) >= 11 is 4.96. The van der Waals surface area contributed by atoms with E-state index in [1.54, 1.807) is 51.9 Å². The van der Waals surface area contributed by atoms with E-state index in [1.807, 2.05) is 42.6 Å². The van der Waals surface area contributed by atoms with Crippen molar-refractivity contribution in [3.8, 4) is 20.9 Å². The summed E-state index contributed by atoms with van der Waals surface area (Å²) in [7, 11) is 1.79. The van der Waals surface area contributed by atoms with Crippen LogP contribution in [0.3, 0.4) is 0 Å². The van der Waals surface area contributed by atoms with Crippen molar-refractivity contribution in [2.24, 2.45) is 7.05 Å². The molecule has 206 valence electrons. The third-order valence-corrected chi connectivity index (χ3v) is 11.1. The molecule has 7 rings (SSSR count). The van der Waals surface area contributed by atoms with Crippen molar-refractivity contribution in [2.45, 2.75) is 31.3 Å². The van der Waals surface area contributed by atoms with Gasteiger partial charge in [-0.25, -0.2) is 4.79 Å². The molecular formula is C31H25N3O4S3. The number of carboxylic acids is 1. The molecule has 1 aliphatic carbocycles. The van der Waals surface area contributed by atoms with E-state index < -0.39 is 17.5 Å². The van der Waals surface area contributed by atoms with Gasteiger partial charge in [-0.1, -0.05) is 36.4 Å². The van der Waals surface area contributed by atoms with E-state index in [1.165, 1.54) is 0 Å². The van der Waals surface area contributed by atoms with Crippen LogP contribution in [0, 0.1) is 0 Å². The average Bonchev–Trinajstić information content (AvgIpc) is 3.21. The molecule has 4 aromatic heterocycles. The van der Waals surface area contributed by atoms with Crippen LogP contribution in [0.4, 0.5) is 10.6 Å². The Kier molecular flexibility index (Phi) is 6.22. The van der Waals surface area contributed by atoms with Crippen LogP contribution in [0.15, 0.2) is 72.2 Å². The molecular weight excluding hydrogens is 575 g/mol. The number of amides is 1. The third kappa shape index (κ3) is 4.52. The number of thiophene rings is 3. The molecule has 10 heteroatoms. The van der Waals surface area contributed by atoms with Gasteiger partial charge in [-0.2, -0.15) is 5.10 Å². The number of hydrogen-bond donors (Lipinski definition) is 2. The van der Waals surface area contributed by atoms with E-state index in [2.05, 4.69) is 40.7 Å². The monoisotopic (exact) mass is 599 g/mol. The molecule has 0 spiro atoms. The summed E-state index contributed by atoms with van der Waals surface area (Å²) < 4.78 is 10.7. The van der Waals surface area contributed by atoms with Crippen molar-refractivity contribution in [2.75, 3.05) is 5.32 Å². The van der Waals surface area contributed by atoms with Crippen molar-refractivity contribution in [3.63, 3.8) is 0 Å². The number of aromatic nitrogens is 2. The Hall–Kier alpha value is -3.99. The first kappa shape index (κ1) is 25.9. The van der Waals surface area contributed by atoms with E-state index in [0.717, 1.165) is 51.5 Å². The lowest BCUT2D eigenvalue weighted by atomic mass is 9.95. The number of rotatable bonds is 7. The van der Waals surface area contributed by atoms with Crippen molar-refractivity contribution >= 4 is 71.4 Å². The molecule has 0 aliphatic heterocycles. The van der Waals surface area contributed by atoms with E-state index in [-0.39, 0.29) is 6.10 Å². The Bertz CT molecular complexity index is 1910. The fourth-order valence-electron chi connectivity index (χ4n) is 5.23. The van der Waals surface area contributed by atoms with E-state index in [0.29, 0.717) is 18.7 Å². The second kappa shape index (κ2) is 9.83. The minimum absolute atomic E-state index is 0.387. The van der Waals surface area contributed by atoms with Gasteiger partial charge in [0.1, 0.15) is 11.9 Å². The molecule has 7 nitrogen and oxygen atoms in total. The predicted octanol–water partition coefficient (Wildman–Crippen LogP) is 8.67.